The summed E-state index contributed by atoms with van der Waals surface area (Å²) in [5.74, 6) is 0.124. The minimum absolute atomic E-state index is 0.290. The molecular weight excluding hydrogens is 290 g/mol. The van der Waals surface area contributed by atoms with Crippen LogP contribution in [-0.4, -0.2) is 51.4 Å². The lowest BCUT2D eigenvalue weighted by Gasteiger charge is -2.28. The van der Waals surface area contributed by atoms with Gasteiger partial charge in [-0.15, -0.1) is 0 Å². The van der Waals surface area contributed by atoms with Gasteiger partial charge in [0.1, 0.15) is 0 Å². The molecule has 116 valence electrons. The van der Waals surface area contributed by atoms with Gasteiger partial charge in [-0.05, 0) is 12.8 Å². The highest BCUT2D eigenvalue weighted by Gasteiger charge is 2.27. The van der Waals surface area contributed by atoms with E-state index >= 15 is 0 Å². The number of hydrogen-bond acceptors (Lipinski definition) is 8. The van der Waals surface area contributed by atoms with E-state index in [9.17, 15) is 4.79 Å². The van der Waals surface area contributed by atoms with Gasteiger partial charge in [0, 0.05) is 13.1 Å². The molecule has 0 spiro atoms. The molecule has 22 heavy (non-hydrogen) atoms. The zero-order valence-electron chi connectivity index (χ0n) is 12.0. The summed E-state index contributed by atoms with van der Waals surface area (Å²) < 4.78 is 10.2. The highest BCUT2D eigenvalue weighted by atomic mass is 16.5. The Labute approximate surface area is 125 Å². The SMILES string of the molecule is COc1cnc(-c2noc(N3CCC(C(=O)O)CC3)n2)nc1. The Morgan fingerprint density at radius 3 is 2.59 bits per heavy atom. The molecule has 3 heterocycles. The molecule has 1 aliphatic heterocycles. The van der Waals surface area contributed by atoms with Crippen LogP contribution in [0.2, 0.25) is 0 Å². The minimum Gasteiger partial charge on any atom is -0.494 e. The first-order chi connectivity index (χ1) is 10.7. The molecule has 0 aromatic carbocycles. The van der Waals surface area contributed by atoms with Crippen molar-refractivity contribution in [1.29, 1.82) is 0 Å². The molecule has 2 aromatic heterocycles. The van der Waals surface area contributed by atoms with E-state index in [1.165, 1.54) is 19.5 Å². The predicted molar refractivity (Wildman–Crippen MR) is 74.4 cm³/mol. The van der Waals surface area contributed by atoms with Crippen molar-refractivity contribution in [2.24, 2.45) is 5.92 Å². The minimum atomic E-state index is -0.752. The fraction of sp³-hybridized carbons (Fsp3) is 0.462. The summed E-state index contributed by atoms with van der Waals surface area (Å²) >= 11 is 0. The van der Waals surface area contributed by atoms with Gasteiger partial charge in [-0.25, -0.2) is 9.97 Å². The Balaban J connectivity index is 1.70. The number of anilines is 1. The van der Waals surface area contributed by atoms with Crippen LogP contribution < -0.4 is 9.64 Å². The number of aliphatic carboxylic acids is 1. The number of piperidine rings is 1. The van der Waals surface area contributed by atoms with Gasteiger partial charge in [0.15, 0.2) is 5.75 Å². The van der Waals surface area contributed by atoms with Gasteiger partial charge in [0.05, 0.1) is 25.4 Å². The van der Waals surface area contributed by atoms with Gasteiger partial charge < -0.3 is 19.3 Å². The molecule has 0 saturated carbocycles. The number of hydrogen-bond donors (Lipinski definition) is 1. The van der Waals surface area contributed by atoms with Crippen molar-refractivity contribution >= 4 is 12.0 Å². The van der Waals surface area contributed by atoms with Crippen LogP contribution in [0.25, 0.3) is 11.6 Å². The normalized spacial score (nSPS) is 15.8. The van der Waals surface area contributed by atoms with E-state index < -0.39 is 5.97 Å². The molecule has 1 aliphatic rings. The maximum absolute atomic E-state index is 10.9. The molecule has 1 N–H and O–H groups in total. The van der Waals surface area contributed by atoms with Crippen LogP contribution in [0.15, 0.2) is 16.9 Å². The van der Waals surface area contributed by atoms with Crippen molar-refractivity contribution in [1.82, 2.24) is 20.1 Å². The molecule has 0 aliphatic carbocycles. The third kappa shape index (κ3) is 2.83. The monoisotopic (exact) mass is 305 g/mol. The molecule has 0 unspecified atom stereocenters. The summed E-state index contributed by atoms with van der Waals surface area (Å²) in [6, 6.07) is 0.359. The number of carboxylic acid groups (broad SMARTS) is 1. The number of aromatic nitrogens is 4. The number of carbonyl (C=O) groups is 1. The van der Waals surface area contributed by atoms with E-state index in [0.29, 0.717) is 43.5 Å². The summed E-state index contributed by atoms with van der Waals surface area (Å²) in [5.41, 5.74) is 0. The van der Waals surface area contributed by atoms with Crippen molar-refractivity contribution in [2.45, 2.75) is 12.8 Å². The van der Waals surface area contributed by atoms with Crippen molar-refractivity contribution < 1.29 is 19.2 Å². The van der Waals surface area contributed by atoms with Crippen molar-refractivity contribution in [3.05, 3.63) is 12.4 Å². The van der Waals surface area contributed by atoms with Crippen LogP contribution in [0.3, 0.4) is 0 Å². The number of methoxy groups -OCH3 is 1. The zero-order valence-corrected chi connectivity index (χ0v) is 12.0. The van der Waals surface area contributed by atoms with Crippen LogP contribution in [0, 0.1) is 5.92 Å². The van der Waals surface area contributed by atoms with Gasteiger partial charge in [-0.2, -0.15) is 4.98 Å². The number of carboxylic acids is 1. The smallest absolute Gasteiger partial charge is 0.324 e. The molecule has 2 aromatic rings. The first-order valence-electron chi connectivity index (χ1n) is 6.85. The van der Waals surface area contributed by atoms with E-state index in [4.69, 9.17) is 14.4 Å². The molecule has 1 fully saturated rings. The second-order valence-electron chi connectivity index (χ2n) is 4.95. The largest absolute Gasteiger partial charge is 0.494 e. The number of rotatable bonds is 4. The van der Waals surface area contributed by atoms with Crippen molar-refractivity contribution in [3.8, 4) is 17.4 Å². The van der Waals surface area contributed by atoms with E-state index in [0.717, 1.165) is 0 Å². The highest BCUT2D eigenvalue weighted by molar-refractivity contribution is 5.70. The number of ether oxygens (including phenoxy) is 1. The topological polar surface area (TPSA) is 114 Å². The van der Waals surface area contributed by atoms with E-state index in [1.54, 1.807) is 0 Å². The van der Waals surface area contributed by atoms with Crippen LogP contribution in [0.4, 0.5) is 6.01 Å². The van der Waals surface area contributed by atoms with Gasteiger partial charge in [-0.3, -0.25) is 4.79 Å². The summed E-state index contributed by atoms with van der Waals surface area (Å²) in [6.07, 6.45) is 4.17. The third-order valence-corrected chi connectivity index (χ3v) is 3.59. The first-order valence-corrected chi connectivity index (χ1v) is 6.85. The van der Waals surface area contributed by atoms with E-state index in [1.807, 2.05) is 4.90 Å². The van der Waals surface area contributed by atoms with Crippen molar-refractivity contribution in [3.63, 3.8) is 0 Å². The Morgan fingerprint density at radius 2 is 2.00 bits per heavy atom. The van der Waals surface area contributed by atoms with Gasteiger partial charge in [-0.1, -0.05) is 5.16 Å². The molecule has 1 saturated heterocycles. The van der Waals surface area contributed by atoms with E-state index in [2.05, 4.69) is 20.1 Å². The summed E-state index contributed by atoms with van der Waals surface area (Å²) in [6.45, 7) is 1.14. The second-order valence-corrected chi connectivity index (χ2v) is 4.95. The maximum atomic E-state index is 10.9. The van der Waals surface area contributed by atoms with Gasteiger partial charge >= 0.3 is 12.0 Å². The third-order valence-electron chi connectivity index (χ3n) is 3.59. The lowest BCUT2D eigenvalue weighted by molar-refractivity contribution is -0.142. The van der Waals surface area contributed by atoms with Crippen LogP contribution in [0.1, 0.15) is 12.8 Å². The molecule has 0 bridgehead atoms. The maximum Gasteiger partial charge on any atom is 0.324 e. The molecule has 0 amide bonds. The molecular formula is C13H15N5O4. The van der Waals surface area contributed by atoms with Gasteiger partial charge in [0.25, 0.3) is 0 Å². The van der Waals surface area contributed by atoms with Crippen LogP contribution in [-0.2, 0) is 4.79 Å². The molecule has 3 rings (SSSR count). The van der Waals surface area contributed by atoms with Crippen LogP contribution in [0.5, 0.6) is 5.75 Å². The number of nitrogens with zero attached hydrogens (tertiary/aromatic N) is 5. The lowest BCUT2D eigenvalue weighted by atomic mass is 9.97. The molecule has 0 radical (unpaired) electrons. The second kappa shape index (κ2) is 5.96. The lowest BCUT2D eigenvalue weighted by Crippen LogP contribution is -2.36. The average molecular weight is 305 g/mol. The van der Waals surface area contributed by atoms with Crippen molar-refractivity contribution in [2.75, 3.05) is 25.1 Å². The Hall–Kier alpha value is -2.71. The first kappa shape index (κ1) is 14.2. The molecule has 9 nitrogen and oxygen atoms in total. The standard InChI is InChI=1S/C13H15N5O4/c1-21-9-6-14-10(15-7-9)11-16-13(22-17-11)18-4-2-8(3-5-18)12(19)20/h6-8H,2-5H2,1H3,(H,19,20). The van der Waals surface area contributed by atoms with Crippen LogP contribution >= 0.6 is 0 Å². The Kier molecular flexibility index (Phi) is 3.86. The summed E-state index contributed by atoms with van der Waals surface area (Å²) in [4.78, 5) is 25.3. The highest BCUT2D eigenvalue weighted by Crippen LogP contribution is 2.23. The summed E-state index contributed by atoms with van der Waals surface area (Å²) in [5, 5.41) is 12.9. The Morgan fingerprint density at radius 1 is 1.32 bits per heavy atom. The summed E-state index contributed by atoms with van der Waals surface area (Å²) in [7, 11) is 1.53. The van der Waals surface area contributed by atoms with E-state index in [-0.39, 0.29) is 11.7 Å². The fourth-order valence-corrected chi connectivity index (χ4v) is 2.29. The Bertz CT molecular complexity index is 649. The average Bonchev–Trinajstić information content (AvgIpc) is 3.05. The molecule has 0 atom stereocenters. The van der Waals surface area contributed by atoms with Gasteiger partial charge in [0.2, 0.25) is 11.6 Å². The fourth-order valence-electron chi connectivity index (χ4n) is 2.29. The molecule has 9 heteroatoms. The quantitative estimate of drug-likeness (QED) is 0.877. The zero-order chi connectivity index (χ0) is 15.5. The predicted octanol–water partition coefficient (Wildman–Crippen LogP) is 0.836.